The van der Waals surface area contributed by atoms with Gasteiger partial charge in [0.1, 0.15) is 0 Å². The SMILES string of the molecule is CCCS(=O)(=O)c1ccccc1NCC1CCCCN1C. The van der Waals surface area contributed by atoms with E-state index in [9.17, 15) is 8.42 Å². The summed E-state index contributed by atoms with van der Waals surface area (Å²) in [6.07, 6.45) is 4.33. The number of nitrogens with zero attached hydrogens (tertiary/aromatic N) is 1. The van der Waals surface area contributed by atoms with Crippen LogP contribution in [0.2, 0.25) is 0 Å². The number of hydrogen-bond donors (Lipinski definition) is 1. The van der Waals surface area contributed by atoms with Crippen molar-refractivity contribution in [2.75, 3.05) is 31.2 Å². The van der Waals surface area contributed by atoms with Crippen LogP contribution < -0.4 is 5.32 Å². The van der Waals surface area contributed by atoms with Gasteiger partial charge < -0.3 is 10.2 Å². The molecule has 1 unspecified atom stereocenters. The minimum Gasteiger partial charge on any atom is -0.382 e. The van der Waals surface area contributed by atoms with Gasteiger partial charge in [-0.3, -0.25) is 0 Å². The maximum absolute atomic E-state index is 12.3. The van der Waals surface area contributed by atoms with Crippen LogP contribution in [0.25, 0.3) is 0 Å². The van der Waals surface area contributed by atoms with Crippen molar-refractivity contribution in [3.05, 3.63) is 24.3 Å². The average molecular weight is 310 g/mol. The number of anilines is 1. The van der Waals surface area contributed by atoms with Crippen molar-refractivity contribution in [3.63, 3.8) is 0 Å². The van der Waals surface area contributed by atoms with Crippen LogP contribution in [-0.4, -0.2) is 45.2 Å². The van der Waals surface area contributed by atoms with E-state index in [2.05, 4.69) is 17.3 Å². The molecule has 1 aromatic carbocycles. The fourth-order valence-electron chi connectivity index (χ4n) is 2.89. The number of benzene rings is 1. The molecule has 0 saturated carbocycles. The number of likely N-dealkylation sites (tertiary alicyclic amines) is 1. The minimum atomic E-state index is -3.18. The van der Waals surface area contributed by atoms with Crippen molar-refractivity contribution in [3.8, 4) is 0 Å². The first-order chi connectivity index (χ1) is 10.0. The van der Waals surface area contributed by atoms with Gasteiger partial charge in [-0.1, -0.05) is 25.5 Å². The van der Waals surface area contributed by atoms with Gasteiger partial charge in [0.2, 0.25) is 0 Å². The summed E-state index contributed by atoms with van der Waals surface area (Å²) in [5.41, 5.74) is 0.741. The summed E-state index contributed by atoms with van der Waals surface area (Å²) in [6.45, 7) is 3.82. The zero-order valence-electron chi connectivity index (χ0n) is 13.0. The summed E-state index contributed by atoms with van der Waals surface area (Å²) in [6, 6.07) is 7.74. The van der Waals surface area contributed by atoms with Gasteiger partial charge in [-0.25, -0.2) is 8.42 Å². The molecule has 0 amide bonds. The highest BCUT2D eigenvalue weighted by Crippen LogP contribution is 2.23. The number of rotatable bonds is 6. The Kier molecular flexibility index (Phi) is 5.65. The highest BCUT2D eigenvalue weighted by molar-refractivity contribution is 7.91. The van der Waals surface area contributed by atoms with E-state index in [1.54, 1.807) is 12.1 Å². The topological polar surface area (TPSA) is 49.4 Å². The molecule has 1 aliphatic heterocycles. The Morgan fingerprint density at radius 1 is 1.29 bits per heavy atom. The first kappa shape index (κ1) is 16.3. The van der Waals surface area contributed by atoms with E-state index in [1.807, 2.05) is 19.1 Å². The second-order valence-electron chi connectivity index (χ2n) is 5.83. The van der Waals surface area contributed by atoms with Crippen LogP contribution in [0.3, 0.4) is 0 Å². The molecular formula is C16H26N2O2S. The van der Waals surface area contributed by atoms with E-state index in [-0.39, 0.29) is 5.75 Å². The fraction of sp³-hybridized carbons (Fsp3) is 0.625. The quantitative estimate of drug-likeness (QED) is 0.878. The Morgan fingerprint density at radius 3 is 2.76 bits per heavy atom. The van der Waals surface area contributed by atoms with Crippen LogP contribution in [0.15, 0.2) is 29.2 Å². The predicted molar refractivity (Wildman–Crippen MR) is 87.5 cm³/mol. The Labute approximate surface area is 128 Å². The zero-order chi connectivity index (χ0) is 15.3. The Morgan fingerprint density at radius 2 is 2.05 bits per heavy atom. The largest absolute Gasteiger partial charge is 0.382 e. The Bertz CT molecular complexity index is 557. The van der Waals surface area contributed by atoms with Crippen molar-refractivity contribution >= 4 is 15.5 Å². The molecule has 21 heavy (non-hydrogen) atoms. The number of likely N-dealkylation sites (N-methyl/N-ethyl adjacent to an activating group) is 1. The van der Waals surface area contributed by atoms with E-state index in [0.717, 1.165) is 18.8 Å². The molecule has 1 atom stereocenters. The standard InChI is InChI=1S/C16H26N2O2S/c1-3-12-21(19,20)16-10-5-4-9-15(16)17-13-14-8-6-7-11-18(14)2/h4-5,9-10,14,17H,3,6-8,11-13H2,1-2H3. The second-order valence-corrected chi connectivity index (χ2v) is 7.90. The van der Waals surface area contributed by atoms with Crippen molar-refractivity contribution in [2.24, 2.45) is 0 Å². The van der Waals surface area contributed by atoms with Crippen LogP contribution in [0.1, 0.15) is 32.6 Å². The van der Waals surface area contributed by atoms with Crippen LogP contribution in [0.5, 0.6) is 0 Å². The molecule has 0 spiro atoms. The molecule has 1 aromatic rings. The van der Waals surface area contributed by atoms with Gasteiger partial charge in [-0.15, -0.1) is 0 Å². The molecule has 4 nitrogen and oxygen atoms in total. The normalized spacial score (nSPS) is 20.4. The lowest BCUT2D eigenvalue weighted by atomic mass is 10.0. The molecule has 2 rings (SSSR count). The van der Waals surface area contributed by atoms with E-state index >= 15 is 0 Å². The number of para-hydroxylation sites is 1. The highest BCUT2D eigenvalue weighted by Gasteiger charge is 2.21. The minimum absolute atomic E-state index is 0.203. The van der Waals surface area contributed by atoms with Crippen LogP contribution in [0.4, 0.5) is 5.69 Å². The van der Waals surface area contributed by atoms with Gasteiger partial charge in [0.05, 0.1) is 16.3 Å². The van der Waals surface area contributed by atoms with Gasteiger partial charge in [-0.05, 0) is 45.0 Å². The van der Waals surface area contributed by atoms with E-state index in [4.69, 9.17) is 0 Å². The predicted octanol–water partition coefficient (Wildman–Crippen LogP) is 2.77. The van der Waals surface area contributed by atoms with Gasteiger partial charge in [0.25, 0.3) is 0 Å². The lowest BCUT2D eigenvalue weighted by Gasteiger charge is -2.33. The fourth-order valence-corrected chi connectivity index (χ4v) is 4.41. The third-order valence-corrected chi connectivity index (χ3v) is 6.12. The molecule has 0 aromatic heterocycles. The lowest BCUT2D eigenvalue weighted by Crippen LogP contribution is -2.40. The Hall–Kier alpha value is -1.07. The van der Waals surface area contributed by atoms with Gasteiger partial charge in [0.15, 0.2) is 9.84 Å². The summed E-state index contributed by atoms with van der Waals surface area (Å²) in [4.78, 5) is 2.80. The van der Waals surface area contributed by atoms with E-state index < -0.39 is 9.84 Å². The average Bonchev–Trinajstić information content (AvgIpc) is 2.47. The van der Waals surface area contributed by atoms with Crippen molar-refractivity contribution in [2.45, 2.75) is 43.5 Å². The molecule has 0 bridgehead atoms. The summed E-state index contributed by atoms with van der Waals surface area (Å²) in [7, 11) is -1.04. The molecule has 1 heterocycles. The Balaban J connectivity index is 2.10. The smallest absolute Gasteiger partial charge is 0.180 e. The van der Waals surface area contributed by atoms with E-state index in [0.29, 0.717) is 17.4 Å². The van der Waals surface area contributed by atoms with Gasteiger partial charge in [0, 0.05) is 12.6 Å². The van der Waals surface area contributed by atoms with Crippen molar-refractivity contribution in [1.29, 1.82) is 0 Å². The zero-order valence-corrected chi connectivity index (χ0v) is 13.8. The summed E-state index contributed by atoms with van der Waals surface area (Å²) < 4.78 is 24.6. The number of sulfone groups is 1. The summed E-state index contributed by atoms with van der Waals surface area (Å²) in [5, 5.41) is 3.36. The molecule has 118 valence electrons. The lowest BCUT2D eigenvalue weighted by molar-refractivity contribution is 0.194. The number of nitrogens with one attached hydrogen (secondary N) is 1. The molecule has 1 aliphatic rings. The molecule has 1 fully saturated rings. The third-order valence-electron chi connectivity index (χ3n) is 4.14. The summed E-state index contributed by atoms with van der Waals surface area (Å²) in [5.74, 6) is 0.203. The molecule has 0 aliphatic carbocycles. The van der Waals surface area contributed by atoms with Crippen molar-refractivity contribution < 1.29 is 8.42 Å². The molecule has 1 saturated heterocycles. The van der Waals surface area contributed by atoms with Crippen LogP contribution in [0, 0.1) is 0 Å². The number of hydrogen-bond acceptors (Lipinski definition) is 4. The number of piperidine rings is 1. The monoisotopic (exact) mass is 310 g/mol. The molecule has 1 N–H and O–H groups in total. The van der Waals surface area contributed by atoms with Gasteiger partial charge in [-0.2, -0.15) is 0 Å². The van der Waals surface area contributed by atoms with Crippen LogP contribution in [-0.2, 0) is 9.84 Å². The van der Waals surface area contributed by atoms with Gasteiger partial charge >= 0.3 is 0 Å². The maximum atomic E-state index is 12.3. The summed E-state index contributed by atoms with van der Waals surface area (Å²) >= 11 is 0. The highest BCUT2D eigenvalue weighted by atomic mass is 32.2. The van der Waals surface area contributed by atoms with Crippen LogP contribution >= 0.6 is 0 Å². The molecule has 0 radical (unpaired) electrons. The maximum Gasteiger partial charge on any atom is 0.180 e. The van der Waals surface area contributed by atoms with E-state index in [1.165, 1.54) is 19.3 Å². The molecule has 5 heteroatoms. The third kappa shape index (κ3) is 4.20. The molecular weight excluding hydrogens is 284 g/mol. The second kappa shape index (κ2) is 7.27. The first-order valence-electron chi connectivity index (χ1n) is 7.80. The first-order valence-corrected chi connectivity index (χ1v) is 9.45. The van der Waals surface area contributed by atoms with Crippen molar-refractivity contribution in [1.82, 2.24) is 4.90 Å².